The summed E-state index contributed by atoms with van der Waals surface area (Å²) in [6.45, 7) is 0.898. The van der Waals surface area contributed by atoms with E-state index < -0.39 is 17.1 Å². The molecule has 0 bridgehead atoms. The zero-order chi connectivity index (χ0) is 18.0. The van der Waals surface area contributed by atoms with Gasteiger partial charge in [-0.15, -0.1) is 0 Å². The third-order valence-corrected chi connectivity index (χ3v) is 6.01. The van der Waals surface area contributed by atoms with E-state index in [1.165, 1.54) is 0 Å². The fraction of sp³-hybridized carbons (Fsp3) is 0.333. The van der Waals surface area contributed by atoms with Crippen molar-refractivity contribution in [3.05, 3.63) is 54.6 Å². The molecule has 136 valence electrons. The Balaban J connectivity index is 1.89. The van der Waals surface area contributed by atoms with Gasteiger partial charge in [0.1, 0.15) is 0 Å². The first kappa shape index (κ1) is 18.0. The van der Waals surface area contributed by atoms with E-state index in [9.17, 15) is 14.2 Å². The van der Waals surface area contributed by atoms with Crippen LogP contribution in [0.5, 0.6) is 0 Å². The van der Waals surface area contributed by atoms with Gasteiger partial charge in [-0.25, -0.2) is 4.31 Å². The molecule has 1 unspecified atom stereocenters. The lowest BCUT2D eigenvalue weighted by Crippen LogP contribution is -2.35. The molecule has 3 N–H and O–H groups in total. The van der Waals surface area contributed by atoms with E-state index in [-0.39, 0.29) is 0 Å². The zero-order valence-corrected chi connectivity index (χ0v) is 15.3. The van der Waals surface area contributed by atoms with Crippen LogP contribution in [0.3, 0.4) is 0 Å². The molecule has 3 rings (SSSR count). The molecule has 1 atom stereocenters. The summed E-state index contributed by atoms with van der Waals surface area (Å²) in [5.41, 5.74) is 2.26. The van der Waals surface area contributed by atoms with Crippen molar-refractivity contribution >= 4 is 28.0 Å². The number of hydrogen-bond acceptors (Lipinski definition) is 6. The minimum atomic E-state index is -3.22. The van der Waals surface area contributed by atoms with E-state index in [0.717, 1.165) is 17.1 Å². The quantitative estimate of drug-likeness (QED) is 0.729. The van der Waals surface area contributed by atoms with Crippen molar-refractivity contribution in [1.82, 2.24) is 4.90 Å². The number of nitrogens with zero attached hydrogens (tertiary/aromatic N) is 3. The molecule has 1 aliphatic rings. The lowest BCUT2D eigenvalue weighted by atomic mass is 10.2. The highest BCUT2D eigenvalue weighted by atomic mass is 32.3. The highest BCUT2D eigenvalue weighted by Crippen LogP contribution is 2.63. The van der Waals surface area contributed by atoms with Crippen LogP contribution in [0.4, 0.5) is 17.1 Å². The molecule has 0 aliphatic carbocycles. The summed E-state index contributed by atoms with van der Waals surface area (Å²) in [6, 6.07) is 16.9. The van der Waals surface area contributed by atoms with E-state index >= 15 is 0 Å². The smallest absolute Gasteiger partial charge is 0.0896 e. The first-order valence-corrected chi connectivity index (χ1v) is 9.70. The number of likely N-dealkylation sites (N-methyl/N-ethyl adjacent to an activating group) is 1. The first-order chi connectivity index (χ1) is 11.9. The minimum absolute atomic E-state index is 0.359. The van der Waals surface area contributed by atoms with Crippen LogP contribution in [-0.4, -0.2) is 52.4 Å². The van der Waals surface area contributed by atoms with Gasteiger partial charge >= 0.3 is 0 Å². The Hall–Kier alpha value is -1.77. The topological polar surface area (TPSA) is 70.4 Å². The lowest BCUT2D eigenvalue weighted by molar-refractivity contribution is 0.131. The number of aliphatic hydroxyl groups is 1. The Morgan fingerprint density at radius 1 is 0.960 bits per heavy atom. The average molecular weight is 363 g/mol. The summed E-state index contributed by atoms with van der Waals surface area (Å²) in [7, 11) is 0.582. The third kappa shape index (κ3) is 3.61. The van der Waals surface area contributed by atoms with Crippen molar-refractivity contribution in [2.75, 3.05) is 35.8 Å². The second kappa shape index (κ2) is 7.23. The Kier molecular flexibility index (Phi) is 5.21. The molecule has 1 heterocycles. The molecule has 25 heavy (non-hydrogen) atoms. The van der Waals surface area contributed by atoms with Gasteiger partial charge in [0.2, 0.25) is 0 Å². The SMILES string of the molecule is CN(C)CC(O)CCN1c2ccccc2N(c2ccccc2)S1(O)O. The molecular weight excluding hydrogens is 338 g/mol. The van der Waals surface area contributed by atoms with E-state index in [2.05, 4.69) is 0 Å². The van der Waals surface area contributed by atoms with Crippen LogP contribution in [0.2, 0.25) is 0 Å². The molecule has 0 radical (unpaired) electrons. The first-order valence-electron chi connectivity index (χ1n) is 8.24. The molecule has 1 aliphatic heterocycles. The van der Waals surface area contributed by atoms with E-state index in [4.69, 9.17) is 0 Å². The molecule has 0 saturated carbocycles. The second-order valence-electron chi connectivity index (χ2n) is 6.42. The predicted molar refractivity (Wildman–Crippen MR) is 104 cm³/mol. The van der Waals surface area contributed by atoms with Crippen LogP contribution in [0, 0.1) is 0 Å². The van der Waals surface area contributed by atoms with Gasteiger partial charge in [0, 0.05) is 13.1 Å². The van der Waals surface area contributed by atoms with Gasteiger partial charge < -0.3 is 10.0 Å². The molecule has 6 nitrogen and oxygen atoms in total. The lowest BCUT2D eigenvalue weighted by Gasteiger charge is -2.44. The Morgan fingerprint density at radius 3 is 2.20 bits per heavy atom. The minimum Gasteiger partial charge on any atom is -0.392 e. The number of benzene rings is 2. The van der Waals surface area contributed by atoms with Gasteiger partial charge in [-0.05, 0) is 55.7 Å². The number of hydrogen-bond donors (Lipinski definition) is 3. The molecule has 7 heteroatoms. The summed E-state index contributed by atoms with van der Waals surface area (Å²) in [4.78, 5) is 1.91. The average Bonchev–Trinajstić information content (AvgIpc) is 2.79. The molecular formula is C18H25N3O3S. The van der Waals surface area contributed by atoms with Crippen LogP contribution in [0.25, 0.3) is 0 Å². The van der Waals surface area contributed by atoms with Crippen molar-refractivity contribution < 1.29 is 14.2 Å². The van der Waals surface area contributed by atoms with Gasteiger partial charge in [-0.3, -0.25) is 13.4 Å². The van der Waals surface area contributed by atoms with Gasteiger partial charge in [-0.1, -0.05) is 30.3 Å². The maximum absolute atomic E-state index is 11.0. The van der Waals surface area contributed by atoms with Crippen molar-refractivity contribution in [1.29, 1.82) is 0 Å². The Labute approximate surface area is 150 Å². The largest absolute Gasteiger partial charge is 0.392 e. The maximum atomic E-state index is 11.0. The third-order valence-electron chi connectivity index (χ3n) is 4.14. The number of para-hydroxylation sites is 3. The maximum Gasteiger partial charge on any atom is 0.0896 e. The Morgan fingerprint density at radius 2 is 1.56 bits per heavy atom. The normalized spacial score (nSPS) is 18.3. The molecule has 2 aromatic carbocycles. The highest BCUT2D eigenvalue weighted by Gasteiger charge is 2.41. The van der Waals surface area contributed by atoms with Gasteiger partial charge in [0.05, 0.1) is 23.2 Å². The summed E-state index contributed by atoms with van der Waals surface area (Å²) >= 11 is 0. The second-order valence-corrected chi connectivity index (χ2v) is 8.20. The van der Waals surface area contributed by atoms with Gasteiger partial charge in [-0.2, -0.15) is 0 Å². The molecule has 0 fully saturated rings. The van der Waals surface area contributed by atoms with Crippen molar-refractivity contribution in [3.8, 4) is 0 Å². The monoisotopic (exact) mass is 363 g/mol. The van der Waals surface area contributed by atoms with Crippen LogP contribution in [-0.2, 0) is 0 Å². The van der Waals surface area contributed by atoms with Crippen LogP contribution in [0.1, 0.15) is 6.42 Å². The van der Waals surface area contributed by atoms with Crippen LogP contribution >= 0.6 is 11.0 Å². The fourth-order valence-electron chi connectivity index (χ4n) is 3.08. The van der Waals surface area contributed by atoms with Gasteiger partial charge in [0.15, 0.2) is 0 Å². The van der Waals surface area contributed by atoms with E-state index in [0.29, 0.717) is 19.5 Å². The molecule has 0 saturated heterocycles. The highest BCUT2D eigenvalue weighted by molar-refractivity contribution is 8.27. The molecule has 0 spiro atoms. The standard InChI is InChI=1S/C18H25N3O3S/c1-19(2)14-16(22)12-13-20-17-10-6-7-11-18(17)21(25(20,23)24)15-8-4-3-5-9-15/h3-11,16,22-24H,12-14H2,1-2H3. The van der Waals surface area contributed by atoms with Crippen molar-refractivity contribution in [2.45, 2.75) is 12.5 Å². The molecule has 2 aromatic rings. The van der Waals surface area contributed by atoms with Crippen LogP contribution < -0.4 is 8.61 Å². The number of anilines is 3. The number of aliphatic hydroxyl groups excluding tert-OH is 1. The Bertz CT molecular complexity index is 712. The summed E-state index contributed by atoms with van der Waals surface area (Å²) < 4.78 is 25.2. The molecule has 0 amide bonds. The molecule has 0 aromatic heterocycles. The van der Waals surface area contributed by atoms with Gasteiger partial charge in [0.25, 0.3) is 0 Å². The van der Waals surface area contributed by atoms with Crippen LogP contribution in [0.15, 0.2) is 54.6 Å². The summed E-state index contributed by atoms with van der Waals surface area (Å²) in [5.74, 6) is 0. The predicted octanol–water partition coefficient (Wildman–Crippen LogP) is 3.54. The van der Waals surface area contributed by atoms with Crippen molar-refractivity contribution in [2.24, 2.45) is 0 Å². The fourth-order valence-corrected chi connectivity index (χ4v) is 4.86. The van der Waals surface area contributed by atoms with Crippen molar-refractivity contribution in [3.63, 3.8) is 0 Å². The number of fused-ring (bicyclic) bond motifs is 1. The van der Waals surface area contributed by atoms with E-state index in [1.54, 1.807) is 8.61 Å². The zero-order valence-electron chi connectivity index (χ0n) is 14.5. The number of rotatable bonds is 6. The van der Waals surface area contributed by atoms with E-state index in [1.807, 2.05) is 73.6 Å². The summed E-state index contributed by atoms with van der Waals surface area (Å²) in [6.07, 6.45) is -0.0755. The summed E-state index contributed by atoms with van der Waals surface area (Å²) in [5, 5.41) is 10.1.